The van der Waals surface area contributed by atoms with Crippen LogP contribution in [-0.2, 0) is 21.1 Å². The van der Waals surface area contributed by atoms with Crippen molar-refractivity contribution in [2.75, 3.05) is 37.8 Å². The predicted molar refractivity (Wildman–Crippen MR) is 126 cm³/mol. The summed E-state index contributed by atoms with van der Waals surface area (Å²) in [6, 6.07) is 6.16. The summed E-state index contributed by atoms with van der Waals surface area (Å²) in [6.45, 7) is 7.28. The Morgan fingerprint density at radius 3 is 2.79 bits per heavy atom. The molecule has 0 aliphatic carbocycles. The Balaban J connectivity index is 0.00000300. The van der Waals surface area contributed by atoms with Gasteiger partial charge in [-0.15, -0.1) is 24.0 Å². The van der Waals surface area contributed by atoms with Crippen LogP contribution in [0.25, 0.3) is 0 Å². The van der Waals surface area contributed by atoms with E-state index in [4.69, 9.17) is 9.47 Å². The van der Waals surface area contributed by atoms with Crippen LogP contribution in [0.4, 0.5) is 0 Å². The summed E-state index contributed by atoms with van der Waals surface area (Å²) in [4.78, 5) is 4.68. The van der Waals surface area contributed by atoms with Gasteiger partial charge in [0.1, 0.15) is 11.9 Å². The molecule has 3 rings (SSSR count). The molecule has 2 unspecified atom stereocenters. The van der Waals surface area contributed by atoms with Crippen molar-refractivity contribution in [3.8, 4) is 5.75 Å². The first-order valence-corrected chi connectivity index (χ1v) is 11.8. The number of aryl methyl sites for hydroxylation is 1. The van der Waals surface area contributed by atoms with Crippen molar-refractivity contribution in [2.24, 2.45) is 10.9 Å². The molecule has 1 aromatic carbocycles. The van der Waals surface area contributed by atoms with E-state index in [9.17, 15) is 8.42 Å². The Morgan fingerprint density at radius 1 is 1.31 bits per heavy atom. The van der Waals surface area contributed by atoms with Crippen LogP contribution in [0.5, 0.6) is 5.75 Å². The van der Waals surface area contributed by atoms with Crippen molar-refractivity contribution in [1.29, 1.82) is 0 Å². The van der Waals surface area contributed by atoms with Gasteiger partial charge in [-0.25, -0.2) is 13.4 Å². The highest BCUT2D eigenvalue weighted by Crippen LogP contribution is 2.24. The van der Waals surface area contributed by atoms with E-state index in [-0.39, 0.29) is 41.8 Å². The van der Waals surface area contributed by atoms with Gasteiger partial charge in [-0.3, -0.25) is 0 Å². The summed E-state index contributed by atoms with van der Waals surface area (Å²) < 4.78 is 34.8. The van der Waals surface area contributed by atoms with Gasteiger partial charge in [0.2, 0.25) is 0 Å². The smallest absolute Gasteiger partial charge is 0.191 e. The molecular weight excluding hydrogens is 505 g/mol. The largest absolute Gasteiger partial charge is 0.488 e. The summed E-state index contributed by atoms with van der Waals surface area (Å²) in [5.74, 6) is 2.26. The van der Waals surface area contributed by atoms with Crippen LogP contribution in [0, 0.1) is 12.8 Å². The molecule has 2 N–H and O–H groups in total. The van der Waals surface area contributed by atoms with Gasteiger partial charge in [0, 0.05) is 25.1 Å². The topological polar surface area (TPSA) is 89.0 Å². The van der Waals surface area contributed by atoms with Crippen molar-refractivity contribution in [1.82, 2.24) is 10.6 Å². The van der Waals surface area contributed by atoms with Crippen molar-refractivity contribution >= 4 is 39.8 Å². The van der Waals surface area contributed by atoms with E-state index in [1.54, 1.807) is 0 Å². The Bertz CT molecular complexity index is 795. The summed E-state index contributed by atoms with van der Waals surface area (Å²) in [5.41, 5.74) is 2.17. The minimum absolute atomic E-state index is 0. The number of nitrogens with zero attached hydrogens (tertiary/aromatic N) is 1. The van der Waals surface area contributed by atoms with Crippen molar-refractivity contribution < 1.29 is 17.9 Å². The lowest BCUT2D eigenvalue weighted by Crippen LogP contribution is -2.40. The summed E-state index contributed by atoms with van der Waals surface area (Å²) >= 11 is 0. The van der Waals surface area contributed by atoms with E-state index in [0.717, 1.165) is 36.4 Å². The highest BCUT2D eigenvalue weighted by Gasteiger charge is 2.27. The minimum Gasteiger partial charge on any atom is -0.488 e. The Hall–Kier alpha value is -1.07. The molecule has 2 aliphatic heterocycles. The first-order chi connectivity index (χ1) is 13.4. The van der Waals surface area contributed by atoms with Crippen LogP contribution >= 0.6 is 24.0 Å². The third-order valence-electron chi connectivity index (χ3n) is 5.04. The second-order valence-corrected chi connectivity index (χ2v) is 9.79. The molecular formula is C20H32IN3O4S. The monoisotopic (exact) mass is 537 g/mol. The minimum atomic E-state index is -2.86. The Morgan fingerprint density at radius 2 is 2.14 bits per heavy atom. The van der Waals surface area contributed by atoms with E-state index in [1.807, 2.05) is 19.9 Å². The van der Waals surface area contributed by atoms with Crippen molar-refractivity contribution in [3.63, 3.8) is 0 Å². The van der Waals surface area contributed by atoms with Gasteiger partial charge < -0.3 is 20.1 Å². The molecule has 0 bridgehead atoms. The number of halogens is 1. The molecule has 7 nitrogen and oxygen atoms in total. The second-order valence-electron chi connectivity index (χ2n) is 7.56. The molecule has 29 heavy (non-hydrogen) atoms. The molecule has 0 spiro atoms. The molecule has 0 saturated carbocycles. The normalized spacial score (nSPS) is 23.4. The molecule has 2 saturated heterocycles. The molecule has 2 aliphatic rings. The van der Waals surface area contributed by atoms with Crippen molar-refractivity contribution in [3.05, 3.63) is 29.3 Å². The Kier molecular flexibility index (Phi) is 9.48. The number of sulfone groups is 1. The molecule has 0 aromatic heterocycles. The van der Waals surface area contributed by atoms with Gasteiger partial charge in [-0.2, -0.15) is 0 Å². The first kappa shape index (κ1) is 24.2. The molecule has 2 fully saturated rings. The quantitative estimate of drug-likeness (QED) is 0.315. The van der Waals surface area contributed by atoms with Crippen LogP contribution in [0.1, 0.15) is 30.9 Å². The van der Waals surface area contributed by atoms with Crippen LogP contribution in [0.15, 0.2) is 23.2 Å². The third kappa shape index (κ3) is 7.60. The molecule has 164 valence electrons. The van der Waals surface area contributed by atoms with E-state index in [0.29, 0.717) is 37.8 Å². The molecule has 2 atom stereocenters. The predicted octanol–water partition coefficient (Wildman–Crippen LogP) is 2.27. The summed E-state index contributed by atoms with van der Waals surface area (Å²) in [5, 5.41) is 6.52. The van der Waals surface area contributed by atoms with Gasteiger partial charge >= 0.3 is 0 Å². The van der Waals surface area contributed by atoms with Gasteiger partial charge in [0.15, 0.2) is 15.8 Å². The standard InChI is InChI=1S/C20H31N3O4S.HI/c1-3-21-20(22-11-16-7-9-28(24,25)14-16)23-12-17-5-4-15(2)10-19(17)27-18-6-8-26-13-18;/h4-5,10,16,18H,3,6-9,11-14H2,1-2H3,(H2,21,22,23);1H. The fraction of sp³-hybridized carbons (Fsp3) is 0.650. The first-order valence-electron chi connectivity index (χ1n) is 10.0. The summed E-state index contributed by atoms with van der Waals surface area (Å²) in [6.07, 6.45) is 1.72. The molecule has 0 radical (unpaired) electrons. The van der Waals surface area contributed by atoms with Gasteiger partial charge in [0.05, 0.1) is 31.3 Å². The molecule has 0 amide bonds. The van der Waals surface area contributed by atoms with Gasteiger partial charge in [-0.05, 0) is 37.8 Å². The van der Waals surface area contributed by atoms with E-state index in [1.165, 1.54) is 0 Å². The van der Waals surface area contributed by atoms with E-state index < -0.39 is 9.84 Å². The lowest BCUT2D eigenvalue weighted by Gasteiger charge is -2.17. The highest BCUT2D eigenvalue weighted by molar-refractivity contribution is 14.0. The number of nitrogens with one attached hydrogen (secondary N) is 2. The SMILES string of the molecule is CCNC(=NCc1ccc(C)cc1OC1CCOC1)NCC1CCS(=O)(=O)C1.I. The number of aliphatic imine (C=N–C) groups is 1. The van der Waals surface area contributed by atoms with E-state index >= 15 is 0 Å². The third-order valence-corrected chi connectivity index (χ3v) is 6.88. The van der Waals surface area contributed by atoms with Crippen LogP contribution in [0.3, 0.4) is 0 Å². The average molecular weight is 537 g/mol. The maximum absolute atomic E-state index is 11.6. The Labute approximate surface area is 191 Å². The van der Waals surface area contributed by atoms with Crippen LogP contribution in [-0.4, -0.2) is 58.3 Å². The van der Waals surface area contributed by atoms with Crippen molar-refractivity contribution in [2.45, 2.75) is 39.3 Å². The number of hydrogen-bond donors (Lipinski definition) is 2. The number of ether oxygens (including phenoxy) is 2. The maximum Gasteiger partial charge on any atom is 0.191 e. The number of rotatable bonds is 7. The lowest BCUT2D eigenvalue weighted by molar-refractivity contribution is 0.140. The van der Waals surface area contributed by atoms with Crippen LogP contribution < -0.4 is 15.4 Å². The molecule has 2 heterocycles. The van der Waals surface area contributed by atoms with Gasteiger partial charge in [-0.1, -0.05) is 12.1 Å². The fourth-order valence-electron chi connectivity index (χ4n) is 3.47. The fourth-order valence-corrected chi connectivity index (χ4v) is 5.33. The number of guanidine groups is 1. The van der Waals surface area contributed by atoms with Crippen LogP contribution in [0.2, 0.25) is 0 Å². The molecule has 9 heteroatoms. The molecule has 1 aromatic rings. The number of hydrogen-bond acceptors (Lipinski definition) is 5. The average Bonchev–Trinajstić information content (AvgIpc) is 3.28. The second kappa shape index (κ2) is 11.4. The zero-order chi connectivity index (χ0) is 20.0. The maximum atomic E-state index is 11.6. The number of benzene rings is 1. The highest BCUT2D eigenvalue weighted by atomic mass is 127. The summed E-state index contributed by atoms with van der Waals surface area (Å²) in [7, 11) is -2.86. The zero-order valence-corrected chi connectivity index (χ0v) is 20.3. The van der Waals surface area contributed by atoms with Gasteiger partial charge in [0.25, 0.3) is 0 Å². The van der Waals surface area contributed by atoms with E-state index in [2.05, 4.69) is 27.8 Å². The lowest BCUT2D eigenvalue weighted by atomic mass is 10.1. The zero-order valence-electron chi connectivity index (χ0n) is 17.1.